The standard InChI is InChI=1S/C18H38O.H2O/c1-3-5-6-7-8-9-10-11-12-13-14-15-16-17-18(19)4-2;/h18-19H,3-17H2,1-2H3;1H2. The normalized spacial score (nSPS) is 12.2. The molecule has 0 aromatic rings. The topological polar surface area (TPSA) is 51.7 Å². The second-order valence-corrected chi connectivity index (χ2v) is 6.09. The predicted octanol–water partition coefficient (Wildman–Crippen LogP) is 5.41. The van der Waals surface area contributed by atoms with E-state index >= 15 is 0 Å². The Morgan fingerprint density at radius 3 is 1.30 bits per heavy atom. The van der Waals surface area contributed by atoms with Gasteiger partial charge in [-0.15, -0.1) is 0 Å². The molecule has 0 saturated carbocycles. The van der Waals surface area contributed by atoms with E-state index < -0.39 is 0 Å². The molecule has 2 heteroatoms. The summed E-state index contributed by atoms with van der Waals surface area (Å²) in [5.41, 5.74) is 0. The van der Waals surface area contributed by atoms with Gasteiger partial charge in [-0.3, -0.25) is 0 Å². The summed E-state index contributed by atoms with van der Waals surface area (Å²) in [6.07, 6.45) is 20.1. The third-order valence-corrected chi connectivity index (χ3v) is 4.11. The van der Waals surface area contributed by atoms with Crippen LogP contribution >= 0.6 is 0 Å². The first-order valence-electron chi connectivity index (χ1n) is 8.99. The van der Waals surface area contributed by atoms with Crippen LogP contribution in [0.2, 0.25) is 0 Å². The van der Waals surface area contributed by atoms with E-state index in [0.717, 1.165) is 12.8 Å². The Labute approximate surface area is 127 Å². The Morgan fingerprint density at radius 2 is 0.950 bits per heavy atom. The lowest BCUT2D eigenvalue weighted by Crippen LogP contribution is -2.03. The van der Waals surface area contributed by atoms with Gasteiger partial charge in [0.1, 0.15) is 0 Å². The summed E-state index contributed by atoms with van der Waals surface area (Å²) in [5, 5.41) is 9.44. The van der Waals surface area contributed by atoms with Crippen LogP contribution in [0.25, 0.3) is 0 Å². The van der Waals surface area contributed by atoms with Gasteiger partial charge in [-0.05, 0) is 12.8 Å². The van der Waals surface area contributed by atoms with Crippen molar-refractivity contribution in [1.82, 2.24) is 0 Å². The molecule has 0 aliphatic heterocycles. The average Bonchev–Trinajstić information content (AvgIpc) is 2.43. The van der Waals surface area contributed by atoms with Crippen molar-refractivity contribution in [3.05, 3.63) is 0 Å². The lowest BCUT2D eigenvalue weighted by Gasteiger charge is -2.06. The third-order valence-electron chi connectivity index (χ3n) is 4.11. The van der Waals surface area contributed by atoms with Gasteiger partial charge in [-0.1, -0.05) is 97.3 Å². The minimum atomic E-state index is -0.0484. The molecule has 0 spiro atoms. The average molecular weight is 289 g/mol. The summed E-state index contributed by atoms with van der Waals surface area (Å²) in [6, 6.07) is 0. The van der Waals surface area contributed by atoms with Crippen LogP contribution in [-0.2, 0) is 0 Å². The summed E-state index contributed by atoms with van der Waals surface area (Å²) in [7, 11) is 0. The zero-order valence-electron chi connectivity index (χ0n) is 14.1. The molecule has 0 aromatic carbocycles. The second kappa shape index (κ2) is 18.9. The maximum Gasteiger partial charge on any atom is 0.0537 e. The summed E-state index contributed by atoms with van der Waals surface area (Å²) in [6.45, 7) is 4.34. The van der Waals surface area contributed by atoms with Gasteiger partial charge in [0.2, 0.25) is 0 Å². The lowest BCUT2D eigenvalue weighted by atomic mass is 10.0. The first kappa shape index (κ1) is 22.2. The number of hydrogen-bond acceptors (Lipinski definition) is 1. The zero-order chi connectivity index (χ0) is 14.2. The number of rotatable bonds is 15. The summed E-state index contributed by atoms with van der Waals surface area (Å²) in [4.78, 5) is 0. The van der Waals surface area contributed by atoms with E-state index in [2.05, 4.69) is 13.8 Å². The number of unbranched alkanes of at least 4 members (excludes halogenated alkanes) is 12. The van der Waals surface area contributed by atoms with Crippen molar-refractivity contribution in [2.75, 3.05) is 0 Å². The highest BCUT2D eigenvalue weighted by Crippen LogP contribution is 2.13. The molecule has 0 heterocycles. The molecular formula is C18H40O2. The third kappa shape index (κ3) is 17.9. The number of aliphatic hydroxyl groups excluding tert-OH is 1. The fraction of sp³-hybridized carbons (Fsp3) is 1.00. The van der Waals surface area contributed by atoms with Crippen LogP contribution < -0.4 is 0 Å². The molecule has 0 rings (SSSR count). The van der Waals surface area contributed by atoms with E-state index in [-0.39, 0.29) is 11.6 Å². The molecular weight excluding hydrogens is 248 g/mol. The SMILES string of the molecule is CCCCCCCCCCCCCCCC(O)CC.O. The van der Waals surface area contributed by atoms with Crippen LogP contribution in [0.5, 0.6) is 0 Å². The fourth-order valence-electron chi connectivity index (χ4n) is 2.60. The van der Waals surface area contributed by atoms with Gasteiger partial charge in [-0.25, -0.2) is 0 Å². The minimum Gasteiger partial charge on any atom is -0.412 e. The van der Waals surface area contributed by atoms with Crippen molar-refractivity contribution in [3.8, 4) is 0 Å². The molecule has 0 aliphatic rings. The van der Waals surface area contributed by atoms with Crippen LogP contribution in [0.3, 0.4) is 0 Å². The molecule has 1 atom stereocenters. The van der Waals surface area contributed by atoms with Crippen LogP contribution in [-0.4, -0.2) is 16.7 Å². The zero-order valence-corrected chi connectivity index (χ0v) is 14.1. The molecule has 0 fully saturated rings. The van der Waals surface area contributed by atoms with E-state index in [1.807, 2.05) is 0 Å². The van der Waals surface area contributed by atoms with E-state index in [4.69, 9.17) is 0 Å². The molecule has 124 valence electrons. The quantitative estimate of drug-likeness (QED) is 0.402. The van der Waals surface area contributed by atoms with Crippen molar-refractivity contribution in [1.29, 1.82) is 0 Å². The van der Waals surface area contributed by atoms with Gasteiger partial charge < -0.3 is 10.6 Å². The molecule has 0 amide bonds. The molecule has 0 aromatic heterocycles. The smallest absolute Gasteiger partial charge is 0.0537 e. The Bertz CT molecular complexity index is 159. The maximum atomic E-state index is 9.44. The Hall–Kier alpha value is -0.0800. The van der Waals surface area contributed by atoms with E-state index in [9.17, 15) is 5.11 Å². The molecule has 3 N–H and O–H groups in total. The van der Waals surface area contributed by atoms with Gasteiger partial charge in [0.25, 0.3) is 0 Å². The van der Waals surface area contributed by atoms with Gasteiger partial charge in [0.05, 0.1) is 6.10 Å². The van der Waals surface area contributed by atoms with Gasteiger partial charge in [-0.2, -0.15) is 0 Å². The van der Waals surface area contributed by atoms with Gasteiger partial charge in [0.15, 0.2) is 0 Å². The highest BCUT2D eigenvalue weighted by atomic mass is 16.3. The highest BCUT2D eigenvalue weighted by molar-refractivity contribution is 4.53. The first-order chi connectivity index (χ1) is 9.31. The van der Waals surface area contributed by atoms with Crippen molar-refractivity contribution in [3.63, 3.8) is 0 Å². The first-order valence-corrected chi connectivity index (χ1v) is 8.99. The Morgan fingerprint density at radius 1 is 0.600 bits per heavy atom. The second-order valence-electron chi connectivity index (χ2n) is 6.09. The van der Waals surface area contributed by atoms with Crippen molar-refractivity contribution < 1.29 is 10.6 Å². The maximum absolute atomic E-state index is 9.44. The van der Waals surface area contributed by atoms with Gasteiger partial charge in [0, 0.05) is 0 Å². The molecule has 0 bridgehead atoms. The van der Waals surface area contributed by atoms with Crippen LogP contribution in [0, 0.1) is 0 Å². The summed E-state index contributed by atoms with van der Waals surface area (Å²) < 4.78 is 0. The van der Waals surface area contributed by atoms with E-state index in [1.54, 1.807) is 0 Å². The Balaban J connectivity index is 0. The number of hydrogen-bond donors (Lipinski definition) is 1. The molecule has 2 nitrogen and oxygen atoms in total. The van der Waals surface area contributed by atoms with Gasteiger partial charge >= 0.3 is 0 Å². The lowest BCUT2D eigenvalue weighted by molar-refractivity contribution is 0.156. The largest absolute Gasteiger partial charge is 0.412 e. The highest BCUT2D eigenvalue weighted by Gasteiger charge is 1.99. The monoisotopic (exact) mass is 288 g/mol. The van der Waals surface area contributed by atoms with Crippen LogP contribution in [0.4, 0.5) is 0 Å². The Kier molecular flexibility index (Phi) is 21.0. The minimum absolute atomic E-state index is 0. The summed E-state index contributed by atoms with van der Waals surface area (Å²) in [5.74, 6) is 0. The van der Waals surface area contributed by atoms with Crippen molar-refractivity contribution in [2.45, 2.75) is 116 Å². The van der Waals surface area contributed by atoms with Crippen LogP contribution in [0.15, 0.2) is 0 Å². The molecule has 20 heavy (non-hydrogen) atoms. The molecule has 0 aliphatic carbocycles. The number of aliphatic hydroxyl groups is 1. The molecule has 0 radical (unpaired) electrons. The summed E-state index contributed by atoms with van der Waals surface area (Å²) >= 11 is 0. The van der Waals surface area contributed by atoms with E-state index in [0.29, 0.717) is 0 Å². The fourth-order valence-corrected chi connectivity index (χ4v) is 2.60. The predicted molar refractivity (Wildman–Crippen MR) is 90.2 cm³/mol. The van der Waals surface area contributed by atoms with Crippen LogP contribution in [0.1, 0.15) is 110 Å². The van der Waals surface area contributed by atoms with Crippen molar-refractivity contribution >= 4 is 0 Å². The van der Waals surface area contributed by atoms with E-state index in [1.165, 1.54) is 83.5 Å². The van der Waals surface area contributed by atoms with Crippen molar-refractivity contribution in [2.24, 2.45) is 0 Å². The molecule has 1 unspecified atom stereocenters. The molecule has 0 saturated heterocycles.